The van der Waals surface area contributed by atoms with Crippen LogP contribution < -0.4 is 0 Å². The van der Waals surface area contributed by atoms with E-state index in [0.717, 1.165) is 11.1 Å². The largest absolute Gasteiger partial charge is 0.455 e. The van der Waals surface area contributed by atoms with Gasteiger partial charge in [0.1, 0.15) is 11.3 Å². The molecule has 118 valence electrons. The first-order valence-electron chi connectivity index (χ1n) is 7.53. The topological polar surface area (TPSA) is 38.7 Å². The van der Waals surface area contributed by atoms with Crippen molar-refractivity contribution >= 4 is 18.3 Å². The summed E-state index contributed by atoms with van der Waals surface area (Å²) in [7, 11) is 0. The van der Waals surface area contributed by atoms with Crippen LogP contribution in [-0.4, -0.2) is 17.8 Å². The second-order valence-electron chi connectivity index (χ2n) is 6.11. The summed E-state index contributed by atoms with van der Waals surface area (Å²) in [6.45, 7) is 5.52. The van der Waals surface area contributed by atoms with Crippen molar-refractivity contribution in [2.24, 2.45) is 4.99 Å². The molecule has 0 aromatic heterocycles. The van der Waals surface area contributed by atoms with Crippen molar-refractivity contribution in [2.75, 3.05) is 0 Å². The lowest BCUT2D eigenvalue weighted by molar-refractivity contribution is -0.149. The number of ether oxygens (including phenoxy) is 1. The molecule has 23 heavy (non-hydrogen) atoms. The summed E-state index contributed by atoms with van der Waals surface area (Å²) >= 11 is 0. The molecule has 3 nitrogen and oxygen atoms in total. The molecule has 0 spiro atoms. The minimum atomic E-state index is -0.560. The van der Waals surface area contributed by atoms with Crippen LogP contribution in [0.3, 0.4) is 0 Å². The molecule has 0 heterocycles. The zero-order chi connectivity index (χ0) is 16.7. The Morgan fingerprint density at radius 1 is 0.913 bits per heavy atom. The highest BCUT2D eigenvalue weighted by atomic mass is 16.6. The van der Waals surface area contributed by atoms with E-state index in [1.165, 1.54) is 0 Å². The Kier molecular flexibility index (Phi) is 5.47. The molecule has 2 aromatic rings. The molecule has 0 unspecified atom stereocenters. The third kappa shape index (κ3) is 5.91. The number of rotatable bonds is 4. The van der Waals surface area contributed by atoms with Gasteiger partial charge < -0.3 is 4.74 Å². The minimum absolute atomic E-state index is 0.273. The van der Waals surface area contributed by atoms with Gasteiger partial charge in [-0.2, -0.15) is 0 Å². The maximum atomic E-state index is 12.4. The molecule has 0 saturated heterocycles. The molecule has 0 aliphatic rings. The smallest absolute Gasteiger partial charge is 0.357 e. The lowest BCUT2D eigenvalue weighted by Crippen LogP contribution is -2.24. The maximum absolute atomic E-state index is 12.4. The van der Waals surface area contributed by atoms with Crippen molar-refractivity contribution in [3.8, 4) is 0 Å². The SMILES string of the molecule is CC(C)(C)OC(=O)C(=Cc1ccccc1)N=Cc1ccccc1. The summed E-state index contributed by atoms with van der Waals surface area (Å²) in [5.74, 6) is -0.437. The summed E-state index contributed by atoms with van der Waals surface area (Å²) in [4.78, 5) is 16.7. The van der Waals surface area contributed by atoms with Gasteiger partial charge in [-0.05, 0) is 38.0 Å². The molecule has 2 rings (SSSR count). The molecule has 0 bridgehead atoms. The van der Waals surface area contributed by atoms with E-state index in [9.17, 15) is 4.79 Å². The van der Waals surface area contributed by atoms with Gasteiger partial charge in [0.15, 0.2) is 0 Å². The normalized spacial score (nSPS) is 12.4. The Morgan fingerprint density at radius 3 is 1.96 bits per heavy atom. The van der Waals surface area contributed by atoms with E-state index in [4.69, 9.17) is 4.74 Å². The van der Waals surface area contributed by atoms with Gasteiger partial charge in [-0.3, -0.25) is 0 Å². The van der Waals surface area contributed by atoms with Gasteiger partial charge >= 0.3 is 5.97 Å². The van der Waals surface area contributed by atoms with Crippen LogP contribution in [0.4, 0.5) is 0 Å². The second kappa shape index (κ2) is 7.54. The van der Waals surface area contributed by atoms with Gasteiger partial charge in [0.25, 0.3) is 0 Å². The van der Waals surface area contributed by atoms with Crippen molar-refractivity contribution in [1.82, 2.24) is 0 Å². The number of hydrogen-bond donors (Lipinski definition) is 0. The molecule has 0 atom stereocenters. The van der Waals surface area contributed by atoms with E-state index >= 15 is 0 Å². The lowest BCUT2D eigenvalue weighted by atomic mass is 10.1. The molecule has 3 heteroatoms. The molecular weight excluding hydrogens is 286 g/mol. The van der Waals surface area contributed by atoms with Crippen LogP contribution in [0.25, 0.3) is 6.08 Å². The van der Waals surface area contributed by atoms with Gasteiger partial charge in [-0.1, -0.05) is 60.7 Å². The predicted octanol–water partition coefficient (Wildman–Crippen LogP) is 4.49. The molecule has 0 saturated carbocycles. The van der Waals surface area contributed by atoms with Crippen LogP contribution in [0.5, 0.6) is 0 Å². The summed E-state index contributed by atoms with van der Waals surface area (Å²) in [5, 5.41) is 0. The van der Waals surface area contributed by atoms with E-state index in [0.29, 0.717) is 0 Å². The number of esters is 1. The number of aliphatic imine (C=N–C) groups is 1. The Hall–Kier alpha value is -2.68. The van der Waals surface area contributed by atoms with E-state index in [1.54, 1.807) is 12.3 Å². The monoisotopic (exact) mass is 307 g/mol. The van der Waals surface area contributed by atoms with E-state index < -0.39 is 11.6 Å². The third-order valence-electron chi connectivity index (χ3n) is 2.86. The fourth-order valence-electron chi connectivity index (χ4n) is 1.87. The standard InChI is InChI=1S/C20H21NO2/c1-20(2,3)23-19(22)18(14-16-10-6-4-7-11-16)21-15-17-12-8-5-9-13-17/h4-15H,1-3H3. The van der Waals surface area contributed by atoms with Crippen molar-refractivity contribution in [1.29, 1.82) is 0 Å². The Balaban J connectivity index is 2.30. The number of carbonyl (C=O) groups excluding carboxylic acids is 1. The van der Waals surface area contributed by atoms with E-state index in [-0.39, 0.29) is 5.70 Å². The first kappa shape index (κ1) is 16.7. The van der Waals surface area contributed by atoms with Crippen LogP contribution in [0, 0.1) is 0 Å². The van der Waals surface area contributed by atoms with Crippen LogP contribution in [-0.2, 0) is 9.53 Å². The molecular formula is C20H21NO2. The zero-order valence-electron chi connectivity index (χ0n) is 13.7. The maximum Gasteiger partial charge on any atom is 0.357 e. The van der Waals surface area contributed by atoms with Gasteiger partial charge in [0.05, 0.1) is 0 Å². The fraction of sp³-hybridized carbons (Fsp3) is 0.200. The van der Waals surface area contributed by atoms with Crippen LogP contribution >= 0.6 is 0 Å². The quantitative estimate of drug-likeness (QED) is 0.474. The van der Waals surface area contributed by atoms with Crippen molar-refractivity contribution in [3.63, 3.8) is 0 Å². The zero-order valence-corrected chi connectivity index (χ0v) is 13.7. The van der Waals surface area contributed by atoms with Crippen LogP contribution in [0.2, 0.25) is 0 Å². The van der Waals surface area contributed by atoms with E-state index in [2.05, 4.69) is 4.99 Å². The summed E-state index contributed by atoms with van der Waals surface area (Å²) in [6.07, 6.45) is 3.40. The van der Waals surface area contributed by atoms with Crippen molar-refractivity contribution in [3.05, 3.63) is 77.5 Å². The number of carbonyl (C=O) groups is 1. The first-order valence-corrected chi connectivity index (χ1v) is 7.53. The Bertz CT molecular complexity index is 695. The summed E-state index contributed by atoms with van der Waals surface area (Å²) in [6, 6.07) is 19.2. The van der Waals surface area contributed by atoms with Gasteiger partial charge in [-0.25, -0.2) is 9.79 Å². The van der Waals surface area contributed by atoms with Gasteiger partial charge in [0.2, 0.25) is 0 Å². The number of hydrogen-bond acceptors (Lipinski definition) is 3. The highest BCUT2D eigenvalue weighted by molar-refractivity contribution is 5.96. The molecule has 0 aliphatic carbocycles. The van der Waals surface area contributed by atoms with Gasteiger partial charge in [-0.15, -0.1) is 0 Å². The van der Waals surface area contributed by atoms with Gasteiger partial charge in [0, 0.05) is 6.21 Å². The highest BCUT2D eigenvalue weighted by Gasteiger charge is 2.19. The molecule has 0 fully saturated rings. The Labute approximate surface area is 137 Å². The molecule has 0 aliphatic heterocycles. The van der Waals surface area contributed by atoms with Crippen LogP contribution in [0.15, 0.2) is 71.4 Å². The van der Waals surface area contributed by atoms with Crippen molar-refractivity contribution in [2.45, 2.75) is 26.4 Å². The first-order chi connectivity index (χ1) is 10.9. The van der Waals surface area contributed by atoms with Crippen LogP contribution in [0.1, 0.15) is 31.9 Å². The average molecular weight is 307 g/mol. The number of nitrogens with zero attached hydrogens (tertiary/aromatic N) is 1. The summed E-state index contributed by atoms with van der Waals surface area (Å²) < 4.78 is 5.44. The fourth-order valence-corrected chi connectivity index (χ4v) is 1.87. The average Bonchev–Trinajstić information content (AvgIpc) is 2.51. The molecule has 0 amide bonds. The third-order valence-corrected chi connectivity index (χ3v) is 2.86. The lowest BCUT2D eigenvalue weighted by Gasteiger charge is -2.19. The molecule has 2 aromatic carbocycles. The Morgan fingerprint density at radius 2 is 1.43 bits per heavy atom. The molecule has 0 N–H and O–H groups in total. The highest BCUT2D eigenvalue weighted by Crippen LogP contribution is 2.15. The second-order valence-corrected chi connectivity index (χ2v) is 6.11. The number of benzene rings is 2. The molecule has 0 radical (unpaired) electrons. The summed E-state index contributed by atoms with van der Waals surface area (Å²) in [5.41, 5.74) is 1.54. The van der Waals surface area contributed by atoms with Crippen molar-refractivity contribution < 1.29 is 9.53 Å². The minimum Gasteiger partial charge on any atom is -0.455 e. The van der Waals surface area contributed by atoms with E-state index in [1.807, 2.05) is 81.4 Å². The predicted molar refractivity (Wildman–Crippen MR) is 94.3 cm³/mol.